The summed E-state index contributed by atoms with van der Waals surface area (Å²) in [6.45, 7) is 6.55. The lowest BCUT2D eigenvalue weighted by atomic mass is 9.98. The van der Waals surface area contributed by atoms with Gasteiger partial charge in [-0.2, -0.15) is 0 Å². The first-order valence-electron chi connectivity index (χ1n) is 7.42. The minimum atomic E-state index is 0. The number of carbonyl (C=O) groups excluding carboxylic acids is 1. The molecule has 0 bridgehead atoms. The van der Waals surface area contributed by atoms with Crippen LogP contribution in [0.15, 0.2) is 0 Å². The molecule has 2 unspecified atom stereocenters. The van der Waals surface area contributed by atoms with Gasteiger partial charge in [0.2, 0.25) is 5.91 Å². The number of hydrogen-bond donors (Lipinski definition) is 1. The average Bonchev–Trinajstić information content (AvgIpc) is 2.39. The van der Waals surface area contributed by atoms with Gasteiger partial charge < -0.3 is 10.6 Å². The van der Waals surface area contributed by atoms with Gasteiger partial charge in [-0.25, -0.2) is 0 Å². The molecule has 2 aliphatic rings. The Labute approximate surface area is 123 Å². The highest BCUT2D eigenvalue weighted by Crippen LogP contribution is 2.19. The van der Waals surface area contributed by atoms with Crippen molar-refractivity contribution in [2.75, 3.05) is 32.7 Å². The number of nitrogens with two attached hydrogens (primary N) is 1. The predicted molar refractivity (Wildman–Crippen MR) is 80.5 cm³/mol. The SMILES string of the molecule is CC1CCCCN1C(=O)CN1CCCC(CN)C1.Cl. The molecule has 2 aliphatic heterocycles. The summed E-state index contributed by atoms with van der Waals surface area (Å²) in [6, 6.07) is 0.432. The van der Waals surface area contributed by atoms with Crippen LogP contribution in [-0.2, 0) is 4.79 Å². The highest BCUT2D eigenvalue weighted by atomic mass is 35.5. The summed E-state index contributed by atoms with van der Waals surface area (Å²) in [5, 5.41) is 0. The van der Waals surface area contributed by atoms with Crippen LogP contribution in [0.4, 0.5) is 0 Å². The first-order valence-corrected chi connectivity index (χ1v) is 7.42. The summed E-state index contributed by atoms with van der Waals surface area (Å²) in [5.41, 5.74) is 5.74. The summed E-state index contributed by atoms with van der Waals surface area (Å²) < 4.78 is 0. The Morgan fingerprint density at radius 2 is 2.00 bits per heavy atom. The maximum atomic E-state index is 12.3. The summed E-state index contributed by atoms with van der Waals surface area (Å²) in [6.07, 6.45) is 6.01. The van der Waals surface area contributed by atoms with Gasteiger partial charge in [0.1, 0.15) is 0 Å². The first kappa shape index (κ1) is 16.7. The fraction of sp³-hybridized carbons (Fsp3) is 0.929. The Morgan fingerprint density at radius 1 is 1.21 bits per heavy atom. The summed E-state index contributed by atoms with van der Waals surface area (Å²) in [4.78, 5) is 16.7. The molecule has 1 amide bonds. The van der Waals surface area contributed by atoms with Gasteiger partial charge in [0, 0.05) is 19.1 Å². The largest absolute Gasteiger partial charge is 0.339 e. The van der Waals surface area contributed by atoms with Gasteiger partial charge >= 0.3 is 0 Å². The zero-order chi connectivity index (χ0) is 13.0. The zero-order valence-corrected chi connectivity index (χ0v) is 12.8. The molecule has 4 nitrogen and oxygen atoms in total. The van der Waals surface area contributed by atoms with E-state index in [-0.39, 0.29) is 12.4 Å². The Hall–Kier alpha value is -0.320. The van der Waals surface area contributed by atoms with Crippen molar-refractivity contribution >= 4 is 18.3 Å². The lowest BCUT2D eigenvalue weighted by molar-refractivity contribution is -0.136. The van der Waals surface area contributed by atoms with Gasteiger partial charge in [0.05, 0.1) is 6.54 Å². The molecule has 2 atom stereocenters. The van der Waals surface area contributed by atoms with Crippen LogP contribution < -0.4 is 5.73 Å². The van der Waals surface area contributed by atoms with Crippen molar-refractivity contribution in [1.82, 2.24) is 9.80 Å². The highest BCUT2D eigenvalue weighted by Gasteiger charge is 2.26. The molecule has 0 aromatic rings. The third-order valence-electron chi connectivity index (χ3n) is 4.42. The van der Waals surface area contributed by atoms with Crippen molar-refractivity contribution in [3.63, 3.8) is 0 Å². The van der Waals surface area contributed by atoms with Crippen LogP contribution in [0.3, 0.4) is 0 Å². The Balaban J connectivity index is 0.00000180. The van der Waals surface area contributed by atoms with E-state index >= 15 is 0 Å². The zero-order valence-electron chi connectivity index (χ0n) is 12.0. The minimum Gasteiger partial charge on any atom is -0.339 e. The van der Waals surface area contributed by atoms with Crippen molar-refractivity contribution in [3.05, 3.63) is 0 Å². The van der Waals surface area contributed by atoms with E-state index in [1.807, 2.05) is 0 Å². The number of likely N-dealkylation sites (tertiary alicyclic amines) is 2. The third kappa shape index (κ3) is 4.62. The molecule has 2 heterocycles. The van der Waals surface area contributed by atoms with E-state index in [9.17, 15) is 4.79 Å². The molecule has 0 aromatic heterocycles. The number of hydrogen-bond acceptors (Lipinski definition) is 3. The van der Waals surface area contributed by atoms with Crippen molar-refractivity contribution in [3.8, 4) is 0 Å². The molecular weight excluding hydrogens is 262 g/mol. The van der Waals surface area contributed by atoms with Crippen LogP contribution in [0.1, 0.15) is 39.0 Å². The summed E-state index contributed by atoms with van der Waals surface area (Å²) in [5.74, 6) is 0.908. The van der Waals surface area contributed by atoms with Crippen LogP contribution in [0.5, 0.6) is 0 Å². The Kier molecular flexibility index (Phi) is 7.11. The van der Waals surface area contributed by atoms with Crippen LogP contribution in [0.2, 0.25) is 0 Å². The second-order valence-electron chi connectivity index (χ2n) is 5.91. The molecule has 0 saturated carbocycles. The van der Waals surface area contributed by atoms with E-state index in [0.717, 1.165) is 32.6 Å². The number of carbonyl (C=O) groups is 1. The topological polar surface area (TPSA) is 49.6 Å². The third-order valence-corrected chi connectivity index (χ3v) is 4.42. The van der Waals surface area contributed by atoms with E-state index in [2.05, 4.69) is 16.7 Å². The van der Waals surface area contributed by atoms with E-state index in [1.54, 1.807) is 0 Å². The molecule has 0 spiro atoms. The van der Waals surface area contributed by atoms with Crippen LogP contribution in [0, 0.1) is 5.92 Å². The summed E-state index contributed by atoms with van der Waals surface area (Å²) >= 11 is 0. The quantitative estimate of drug-likeness (QED) is 0.856. The lowest BCUT2D eigenvalue weighted by Crippen LogP contribution is -2.49. The lowest BCUT2D eigenvalue weighted by Gasteiger charge is -2.37. The maximum Gasteiger partial charge on any atom is 0.236 e. The fourth-order valence-corrected chi connectivity index (χ4v) is 3.24. The van der Waals surface area contributed by atoms with E-state index in [4.69, 9.17) is 5.73 Å². The van der Waals surface area contributed by atoms with Crippen LogP contribution in [0.25, 0.3) is 0 Å². The molecule has 0 radical (unpaired) electrons. The second-order valence-corrected chi connectivity index (χ2v) is 5.91. The average molecular weight is 290 g/mol. The predicted octanol–water partition coefficient (Wildman–Crippen LogP) is 1.48. The fourth-order valence-electron chi connectivity index (χ4n) is 3.24. The Bertz CT molecular complexity index is 288. The van der Waals surface area contributed by atoms with Crippen molar-refractivity contribution < 1.29 is 4.79 Å². The van der Waals surface area contributed by atoms with Crippen molar-refractivity contribution in [1.29, 1.82) is 0 Å². The van der Waals surface area contributed by atoms with Gasteiger partial charge in [0.15, 0.2) is 0 Å². The van der Waals surface area contributed by atoms with E-state index < -0.39 is 0 Å². The highest BCUT2D eigenvalue weighted by molar-refractivity contribution is 5.85. The maximum absolute atomic E-state index is 12.3. The number of nitrogens with zero attached hydrogens (tertiary/aromatic N) is 2. The standard InChI is InChI=1S/C14H27N3O.ClH/c1-12-5-2-3-8-17(12)14(18)11-16-7-4-6-13(9-15)10-16;/h12-13H,2-11,15H2,1H3;1H. The molecule has 2 fully saturated rings. The molecule has 19 heavy (non-hydrogen) atoms. The normalized spacial score (nSPS) is 28.8. The van der Waals surface area contributed by atoms with Crippen molar-refractivity contribution in [2.24, 2.45) is 11.7 Å². The van der Waals surface area contributed by atoms with Gasteiger partial charge in [0.25, 0.3) is 0 Å². The first-order chi connectivity index (χ1) is 8.70. The number of halogens is 1. The smallest absolute Gasteiger partial charge is 0.236 e. The molecule has 0 aliphatic carbocycles. The number of piperidine rings is 2. The van der Waals surface area contributed by atoms with E-state index in [0.29, 0.717) is 24.4 Å². The van der Waals surface area contributed by atoms with Crippen LogP contribution >= 0.6 is 12.4 Å². The van der Waals surface area contributed by atoms with Gasteiger partial charge in [-0.15, -0.1) is 12.4 Å². The van der Waals surface area contributed by atoms with Crippen molar-refractivity contribution in [2.45, 2.75) is 45.1 Å². The van der Waals surface area contributed by atoms with Gasteiger partial charge in [-0.05, 0) is 58.0 Å². The molecule has 2 rings (SSSR count). The summed E-state index contributed by atoms with van der Waals surface area (Å²) in [7, 11) is 0. The number of rotatable bonds is 3. The monoisotopic (exact) mass is 289 g/mol. The molecular formula is C14H28ClN3O. The molecule has 0 aromatic carbocycles. The van der Waals surface area contributed by atoms with E-state index in [1.165, 1.54) is 25.7 Å². The van der Waals surface area contributed by atoms with Crippen LogP contribution in [-0.4, -0.2) is 54.5 Å². The number of amides is 1. The Morgan fingerprint density at radius 3 is 2.68 bits per heavy atom. The molecule has 2 saturated heterocycles. The molecule has 112 valence electrons. The second kappa shape index (κ2) is 8.08. The molecule has 5 heteroatoms. The molecule has 2 N–H and O–H groups in total. The minimum absolute atomic E-state index is 0. The van der Waals surface area contributed by atoms with Gasteiger partial charge in [-0.3, -0.25) is 9.69 Å². The van der Waals surface area contributed by atoms with Gasteiger partial charge in [-0.1, -0.05) is 0 Å².